The minimum Gasteiger partial charge on any atom is -0.382 e. The first-order valence-corrected chi connectivity index (χ1v) is 6.37. The minimum atomic E-state index is -0.285. The fourth-order valence-electron chi connectivity index (χ4n) is 1.82. The molecule has 0 radical (unpaired) electrons. The number of benzene rings is 1. The van der Waals surface area contributed by atoms with Gasteiger partial charge in [-0.25, -0.2) is 9.37 Å². The molecule has 0 saturated heterocycles. The van der Waals surface area contributed by atoms with Crippen LogP contribution < -0.4 is 11.1 Å². The molecule has 1 aromatic carbocycles. The molecular weight excluding hydrogens is 269 g/mol. The minimum absolute atomic E-state index is 0.0848. The van der Waals surface area contributed by atoms with E-state index in [1.165, 1.54) is 13.1 Å². The highest BCUT2D eigenvalue weighted by molar-refractivity contribution is 6.46. The molecule has 0 amide bonds. The maximum Gasteiger partial charge on any atom is 0.144 e. The fraction of sp³-hybridized carbons (Fsp3) is 0.133. The van der Waals surface area contributed by atoms with Crippen LogP contribution in [0.15, 0.2) is 47.6 Å². The standard InChI is InChI=1S/C15H16FN5/c1-19-14(18)13(17)11-6-4-8-20-15(11)21-9-10-5-2-3-7-12(10)16/h2-8,17H,9H2,1H3,(H2,18,19)(H,20,21). The second kappa shape index (κ2) is 6.60. The summed E-state index contributed by atoms with van der Waals surface area (Å²) in [6, 6.07) is 9.93. The van der Waals surface area contributed by atoms with Crippen molar-refractivity contribution in [1.29, 1.82) is 5.41 Å². The Morgan fingerprint density at radius 3 is 2.81 bits per heavy atom. The molecule has 4 N–H and O–H groups in total. The Morgan fingerprint density at radius 1 is 1.33 bits per heavy atom. The van der Waals surface area contributed by atoms with E-state index in [4.69, 9.17) is 11.1 Å². The van der Waals surface area contributed by atoms with Crippen LogP contribution in [-0.2, 0) is 6.54 Å². The molecule has 21 heavy (non-hydrogen) atoms. The topological polar surface area (TPSA) is 87.2 Å². The zero-order valence-corrected chi connectivity index (χ0v) is 11.6. The predicted octanol–water partition coefficient (Wildman–Crippen LogP) is 2.19. The van der Waals surface area contributed by atoms with Gasteiger partial charge in [0.25, 0.3) is 0 Å². The second-order valence-electron chi connectivity index (χ2n) is 4.33. The molecule has 0 fully saturated rings. The summed E-state index contributed by atoms with van der Waals surface area (Å²) < 4.78 is 13.6. The van der Waals surface area contributed by atoms with Gasteiger partial charge in [-0.1, -0.05) is 18.2 Å². The number of hydrogen-bond acceptors (Lipinski definition) is 4. The van der Waals surface area contributed by atoms with Gasteiger partial charge >= 0.3 is 0 Å². The van der Waals surface area contributed by atoms with E-state index < -0.39 is 0 Å². The van der Waals surface area contributed by atoms with Gasteiger partial charge in [0.2, 0.25) is 0 Å². The van der Waals surface area contributed by atoms with E-state index in [1.807, 2.05) is 0 Å². The number of amidine groups is 1. The van der Waals surface area contributed by atoms with E-state index in [9.17, 15) is 4.39 Å². The molecule has 2 aromatic rings. The highest BCUT2D eigenvalue weighted by Gasteiger charge is 2.12. The van der Waals surface area contributed by atoms with Crippen LogP contribution >= 0.6 is 0 Å². The number of nitrogens with one attached hydrogen (secondary N) is 2. The zero-order chi connectivity index (χ0) is 15.2. The van der Waals surface area contributed by atoms with Gasteiger partial charge in [0.15, 0.2) is 0 Å². The van der Waals surface area contributed by atoms with E-state index in [0.717, 1.165) is 0 Å². The first-order valence-electron chi connectivity index (χ1n) is 6.37. The Morgan fingerprint density at radius 2 is 2.10 bits per heavy atom. The van der Waals surface area contributed by atoms with Gasteiger partial charge in [-0.15, -0.1) is 0 Å². The summed E-state index contributed by atoms with van der Waals surface area (Å²) in [4.78, 5) is 7.97. The molecule has 0 atom stereocenters. The Balaban J connectivity index is 2.22. The van der Waals surface area contributed by atoms with E-state index in [1.54, 1.807) is 36.5 Å². The predicted molar refractivity (Wildman–Crippen MR) is 82.3 cm³/mol. The number of nitrogens with two attached hydrogens (primary N) is 1. The number of rotatable bonds is 5. The Bertz CT molecular complexity index is 681. The molecule has 0 spiro atoms. The van der Waals surface area contributed by atoms with Gasteiger partial charge in [-0.3, -0.25) is 10.4 Å². The average Bonchev–Trinajstić information content (AvgIpc) is 2.53. The SMILES string of the molecule is CN=C(N)C(=N)c1cccnc1NCc1ccccc1F. The molecule has 0 aliphatic rings. The summed E-state index contributed by atoms with van der Waals surface area (Å²) in [6.07, 6.45) is 1.60. The van der Waals surface area contributed by atoms with Gasteiger partial charge in [0.05, 0.1) is 0 Å². The summed E-state index contributed by atoms with van der Waals surface area (Å²) in [5, 5.41) is 11.0. The van der Waals surface area contributed by atoms with Gasteiger partial charge in [0.1, 0.15) is 23.2 Å². The third-order valence-electron chi connectivity index (χ3n) is 2.98. The smallest absolute Gasteiger partial charge is 0.144 e. The van der Waals surface area contributed by atoms with Crippen LogP contribution in [-0.4, -0.2) is 23.6 Å². The van der Waals surface area contributed by atoms with Crippen LogP contribution in [0, 0.1) is 11.2 Å². The molecule has 0 aliphatic heterocycles. The summed E-state index contributed by atoms with van der Waals surface area (Å²) in [7, 11) is 1.52. The van der Waals surface area contributed by atoms with E-state index in [0.29, 0.717) is 16.9 Å². The van der Waals surface area contributed by atoms with E-state index >= 15 is 0 Å². The first-order chi connectivity index (χ1) is 10.1. The van der Waals surface area contributed by atoms with Crippen molar-refractivity contribution in [2.24, 2.45) is 10.7 Å². The maximum absolute atomic E-state index is 13.6. The first kappa shape index (κ1) is 14.6. The van der Waals surface area contributed by atoms with Crippen molar-refractivity contribution in [3.8, 4) is 0 Å². The highest BCUT2D eigenvalue weighted by Crippen LogP contribution is 2.15. The van der Waals surface area contributed by atoms with Crippen LogP contribution in [0.1, 0.15) is 11.1 Å². The second-order valence-corrected chi connectivity index (χ2v) is 4.33. The summed E-state index contributed by atoms with van der Waals surface area (Å²) in [5.74, 6) is 0.307. The normalized spacial score (nSPS) is 11.2. The molecule has 1 heterocycles. The quantitative estimate of drug-likeness (QED) is 0.581. The molecule has 2 rings (SSSR count). The Kier molecular flexibility index (Phi) is 4.61. The summed E-state index contributed by atoms with van der Waals surface area (Å²) >= 11 is 0. The van der Waals surface area contributed by atoms with Crippen LogP contribution in [0.2, 0.25) is 0 Å². The molecule has 0 aliphatic carbocycles. The van der Waals surface area contributed by atoms with Crippen molar-refractivity contribution in [2.75, 3.05) is 12.4 Å². The van der Waals surface area contributed by atoms with Gasteiger partial charge in [-0.2, -0.15) is 0 Å². The number of halogens is 1. The number of aliphatic imine (C=N–C) groups is 1. The van der Waals surface area contributed by atoms with Crippen molar-refractivity contribution in [3.63, 3.8) is 0 Å². The number of hydrogen-bond donors (Lipinski definition) is 3. The molecule has 0 bridgehead atoms. The molecule has 5 nitrogen and oxygen atoms in total. The molecule has 0 saturated carbocycles. The lowest BCUT2D eigenvalue weighted by molar-refractivity contribution is 0.613. The van der Waals surface area contributed by atoms with Gasteiger partial charge < -0.3 is 11.1 Å². The summed E-state index contributed by atoms with van der Waals surface area (Å²) in [5.41, 5.74) is 6.79. The number of nitrogens with zero attached hydrogens (tertiary/aromatic N) is 2. The number of pyridine rings is 1. The molecule has 6 heteroatoms. The number of anilines is 1. The maximum atomic E-state index is 13.6. The monoisotopic (exact) mass is 285 g/mol. The van der Waals surface area contributed by atoms with Gasteiger partial charge in [0, 0.05) is 30.9 Å². The van der Waals surface area contributed by atoms with E-state index in [-0.39, 0.29) is 23.9 Å². The molecule has 0 unspecified atom stereocenters. The van der Waals surface area contributed by atoms with Crippen LogP contribution in [0.25, 0.3) is 0 Å². The zero-order valence-electron chi connectivity index (χ0n) is 11.6. The highest BCUT2D eigenvalue weighted by atomic mass is 19.1. The Labute approximate surface area is 122 Å². The van der Waals surface area contributed by atoms with Crippen molar-refractivity contribution < 1.29 is 4.39 Å². The van der Waals surface area contributed by atoms with Crippen molar-refractivity contribution in [3.05, 3.63) is 59.5 Å². The largest absolute Gasteiger partial charge is 0.382 e. The molecular formula is C15H16FN5. The van der Waals surface area contributed by atoms with Crippen molar-refractivity contribution >= 4 is 17.4 Å². The van der Waals surface area contributed by atoms with Gasteiger partial charge in [-0.05, 0) is 18.2 Å². The van der Waals surface area contributed by atoms with Crippen LogP contribution in [0.5, 0.6) is 0 Å². The lowest BCUT2D eigenvalue weighted by Crippen LogP contribution is -2.25. The summed E-state index contributed by atoms with van der Waals surface area (Å²) in [6.45, 7) is 0.271. The van der Waals surface area contributed by atoms with Crippen molar-refractivity contribution in [2.45, 2.75) is 6.54 Å². The van der Waals surface area contributed by atoms with E-state index in [2.05, 4.69) is 15.3 Å². The number of aromatic nitrogens is 1. The third-order valence-corrected chi connectivity index (χ3v) is 2.98. The fourth-order valence-corrected chi connectivity index (χ4v) is 1.82. The molecule has 108 valence electrons. The lowest BCUT2D eigenvalue weighted by atomic mass is 10.1. The average molecular weight is 285 g/mol. The van der Waals surface area contributed by atoms with Crippen LogP contribution in [0.3, 0.4) is 0 Å². The van der Waals surface area contributed by atoms with Crippen molar-refractivity contribution in [1.82, 2.24) is 4.98 Å². The Hall–Kier alpha value is -2.76. The molecule has 1 aromatic heterocycles. The lowest BCUT2D eigenvalue weighted by Gasteiger charge is -2.11. The third kappa shape index (κ3) is 3.42. The van der Waals surface area contributed by atoms with Crippen LogP contribution in [0.4, 0.5) is 10.2 Å².